The van der Waals surface area contributed by atoms with E-state index in [9.17, 15) is 4.79 Å². The molecule has 0 heterocycles. The van der Waals surface area contributed by atoms with Gasteiger partial charge in [0.05, 0.1) is 13.2 Å². The van der Waals surface area contributed by atoms with E-state index in [2.05, 4.69) is 27.3 Å². The summed E-state index contributed by atoms with van der Waals surface area (Å²) < 4.78 is 6.68. The fraction of sp³-hybridized carbons (Fsp3) is 0.350. The van der Waals surface area contributed by atoms with Crippen LogP contribution in [0.15, 0.2) is 59.1 Å². The SMILES string of the molecule is CN(CC(=O)NCCCOCc1ccccc1)Cc1ccccc1Br. The Bertz CT molecular complexity index is 649. The molecular weight excluding hydrogens is 380 g/mol. The number of hydrogen-bond donors (Lipinski definition) is 1. The second-order valence-corrected chi connectivity index (χ2v) is 6.86. The summed E-state index contributed by atoms with van der Waals surface area (Å²) in [4.78, 5) is 14.0. The van der Waals surface area contributed by atoms with Gasteiger partial charge in [-0.15, -0.1) is 0 Å². The molecular formula is C20H25BrN2O2. The molecule has 0 unspecified atom stereocenters. The van der Waals surface area contributed by atoms with Crippen LogP contribution in [0.3, 0.4) is 0 Å². The summed E-state index contributed by atoms with van der Waals surface area (Å²) in [6.07, 6.45) is 0.812. The lowest BCUT2D eigenvalue weighted by Gasteiger charge is -2.17. The van der Waals surface area contributed by atoms with Crippen molar-refractivity contribution in [3.8, 4) is 0 Å². The van der Waals surface area contributed by atoms with Crippen molar-refractivity contribution in [1.82, 2.24) is 10.2 Å². The van der Waals surface area contributed by atoms with Crippen LogP contribution in [0.5, 0.6) is 0 Å². The first-order valence-corrected chi connectivity index (χ1v) is 9.25. The van der Waals surface area contributed by atoms with E-state index in [0.29, 0.717) is 26.3 Å². The van der Waals surface area contributed by atoms with Crippen LogP contribution >= 0.6 is 15.9 Å². The Morgan fingerprint density at radius 1 is 1.12 bits per heavy atom. The number of rotatable bonds is 10. The van der Waals surface area contributed by atoms with Crippen molar-refractivity contribution >= 4 is 21.8 Å². The number of amides is 1. The summed E-state index contributed by atoms with van der Waals surface area (Å²) in [5, 5.41) is 2.94. The van der Waals surface area contributed by atoms with Crippen molar-refractivity contribution in [1.29, 1.82) is 0 Å². The maximum atomic E-state index is 12.0. The highest BCUT2D eigenvalue weighted by Gasteiger charge is 2.08. The Balaban J connectivity index is 1.55. The minimum Gasteiger partial charge on any atom is -0.377 e. The molecule has 25 heavy (non-hydrogen) atoms. The standard InChI is InChI=1S/C20H25BrN2O2/c1-23(14-18-10-5-6-11-19(18)21)15-20(24)22-12-7-13-25-16-17-8-3-2-4-9-17/h2-6,8-11H,7,12-16H2,1H3,(H,22,24). The van der Waals surface area contributed by atoms with Crippen LogP contribution in [-0.4, -0.2) is 37.6 Å². The predicted molar refractivity (Wildman–Crippen MR) is 104 cm³/mol. The van der Waals surface area contributed by atoms with Crippen molar-refractivity contribution in [3.05, 3.63) is 70.2 Å². The average Bonchev–Trinajstić information content (AvgIpc) is 2.61. The van der Waals surface area contributed by atoms with Gasteiger partial charge >= 0.3 is 0 Å². The lowest BCUT2D eigenvalue weighted by Crippen LogP contribution is -2.35. The van der Waals surface area contributed by atoms with Crippen LogP contribution in [0.1, 0.15) is 17.5 Å². The Morgan fingerprint density at radius 2 is 1.84 bits per heavy atom. The number of nitrogens with zero attached hydrogens (tertiary/aromatic N) is 1. The fourth-order valence-corrected chi connectivity index (χ4v) is 2.85. The highest BCUT2D eigenvalue weighted by atomic mass is 79.9. The molecule has 134 valence electrons. The minimum atomic E-state index is 0.0395. The molecule has 2 rings (SSSR count). The molecule has 0 bridgehead atoms. The van der Waals surface area contributed by atoms with Crippen LogP contribution in [0, 0.1) is 0 Å². The lowest BCUT2D eigenvalue weighted by atomic mass is 10.2. The second kappa shape index (κ2) is 11.0. The number of hydrogen-bond acceptors (Lipinski definition) is 3. The Morgan fingerprint density at radius 3 is 2.60 bits per heavy atom. The van der Waals surface area contributed by atoms with E-state index in [0.717, 1.165) is 17.4 Å². The zero-order chi connectivity index (χ0) is 17.9. The first-order chi connectivity index (χ1) is 12.1. The minimum absolute atomic E-state index is 0.0395. The number of carbonyl (C=O) groups excluding carboxylic acids is 1. The number of carbonyl (C=O) groups is 1. The monoisotopic (exact) mass is 404 g/mol. The normalized spacial score (nSPS) is 10.8. The summed E-state index contributed by atoms with van der Waals surface area (Å²) in [6, 6.07) is 18.1. The van der Waals surface area contributed by atoms with Gasteiger partial charge in [-0.25, -0.2) is 0 Å². The molecule has 2 aromatic rings. The summed E-state index contributed by atoms with van der Waals surface area (Å²) >= 11 is 3.53. The Kier molecular flexibility index (Phi) is 8.66. The smallest absolute Gasteiger partial charge is 0.234 e. The molecule has 0 saturated heterocycles. The summed E-state index contributed by atoms with van der Waals surface area (Å²) in [5.41, 5.74) is 2.34. The Hall–Kier alpha value is -1.69. The van der Waals surface area contributed by atoms with Crippen molar-refractivity contribution in [3.63, 3.8) is 0 Å². The maximum absolute atomic E-state index is 12.0. The van der Waals surface area contributed by atoms with Gasteiger partial charge in [0, 0.05) is 24.2 Å². The van der Waals surface area contributed by atoms with Gasteiger partial charge in [0.2, 0.25) is 5.91 Å². The van der Waals surface area contributed by atoms with Gasteiger partial charge in [-0.1, -0.05) is 64.5 Å². The second-order valence-electron chi connectivity index (χ2n) is 6.01. The molecule has 5 heteroatoms. The molecule has 0 radical (unpaired) electrons. The maximum Gasteiger partial charge on any atom is 0.234 e. The van der Waals surface area contributed by atoms with E-state index in [1.807, 2.05) is 60.5 Å². The van der Waals surface area contributed by atoms with E-state index >= 15 is 0 Å². The Labute approximate surface area is 158 Å². The van der Waals surface area contributed by atoms with Gasteiger partial charge in [0.15, 0.2) is 0 Å². The molecule has 0 saturated carbocycles. The summed E-state index contributed by atoms with van der Waals surface area (Å²) in [6.45, 7) is 3.00. The molecule has 0 fully saturated rings. The third-order valence-electron chi connectivity index (χ3n) is 3.71. The highest BCUT2D eigenvalue weighted by molar-refractivity contribution is 9.10. The van der Waals surface area contributed by atoms with Crippen LogP contribution < -0.4 is 5.32 Å². The van der Waals surface area contributed by atoms with Crippen LogP contribution in [0.25, 0.3) is 0 Å². The van der Waals surface area contributed by atoms with Gasteiger partial charge in [-0.3, -0.25) is 9.69 Å². The molecule has 0 aliphatic rings. The van der Waals surface area contributed by atoms with E-state index < -0.39 is 0 Å². The van der Waals surface area contributed by atoms with Gasteiger partial charge in [0.25, 0.3) is 0 Å². The zero-order valence-corrected chi connectivity index (χ0v) is 16.2. The van der Waals surface area contributed by atoms with E-state index in [1.54, 1.807) is 0 Å². The van der Waals surface area contributed by atoms with Gasteiger partial charge < -0.3 is 10.1 Å². The van der Waals surface area contributed by atoms with Crippen molar-refractivity contribution in [2.75, 3.05) is 26.7 Å². The predicted octanol–water partition coefficient (Wildman–Crippen LogP) is 3.60. The molecule has 0 atom stereocenters. The molecule has 0 aliphatic heterocycles. The first kappa shape index (κ1) is 19.6. The molecule has 0 spiro atoms. The van der Waals surface area contributed by atoms with E-state index in [1.165, 1.54) is 11.1 Å². The van der Waals surface area contributed by atoms with Crippen molar-refractivity contribution in [2.24, 2.45) is 0 Å². The summed E-state index contributed by atoms with van der Waals surface area (Å²) in [5.74, 6) is 0.0395. The first-order valence-electron chi connectivity index (χ1n) is 8.45. The topological polar surface area (TPSA) is 41.6 Å². The third-order valence-corrected chi connectivity index (χ3v) is 4.48. The lowest BCUT2D eigenvalue weighted by molar-refractivity contribution is -0.122. The number of halogens is 1. The van der Waals surface area contributed by atoms with Crippen molar-refractivity contribution < 1.29 is 9.53 Å². The number of nitrogens with one attached hydrogen (secondary N) is 1. The molecule has 0 aromatic heterocycles. The molecule has 1 amide bonds. The molecule has 4 nitrogen and oxygen atoms in total. The van der Waals surface area contributed by atoms with Gasteiger partial charge in [-0.05, 0) is 30.7 Å². The van der Waals surface area contributed by atoms with E-state index in [-0.39, 0.29) is 5.91 Å². The third kappa shape index (κ3) is 7.82. The summed E-state index contributed by atoms with van der Waals surface area (Å²) in [7, 11) is 1.95. The van der Waals surface area contributed by atoms with Crippen LogP contribution in [-0.2, 0) is 22.7 Å². The zero-order valence-electron chi connectivity index (χ0n) is 14.6. The quantitative estimate of drug-likeness (QED) is 0.615. The fourth-order valence-electron chi connectivity index (χ4n) is 2.44. The van der Waals surface area contributed by atoms with E-state index in [4.69, 9.17) is 4.74 Å². The number of likely N-dealkylation sites (N-methyl/N-ethyl adjacent to an activating group) is 1. The molecule has 0 aliphatic carbocycles. The number of benzene rings is 2. The number of ether oxygens (including phenoxy) is 1. The molecule has 1 N–H and O–H groups in total. The molecule has 2 aromatic carbocycles. The van der Waals surface area contributed by atoms with Crippen LogP contribution in [0.4, 0.5) is 0 Å². The average molecular weight is 405 g/mol. The highest BCUT2D eigenvalue weighted by Crippen LogP contribution is 2.17. The van der Waals surface area contributed by atoms with Gasteiger partial charge in [-0.2, -0.15) is 0 Å². The van der Waals surface area contributed by atoms with Crippen LogP contribution in [0.2, 0.25) is 0 Å². The largest absolute Gasteiger partial charge is 0.377 e. The van der Waals surface area contributed by atoms with Gasteiger partial charge in [0.1, 0.15) is 0 Å². The van der Waals surface area contributed by atoms with Crippen molar-refractivity contribution in [2.45, 2.75) is 19.6 Å².